The van der Waals surface area contributed by atoms with Crippen molar-refractivity contribution in [2.75, 3.05) is 94.3 Å². The number of amides is 5. The number of carbonyl (C=O) groups excluding carboxylic acids is 6. The van der Waals surface area contributed by atoms with Crippen molar-refractivity contribution in [1.29, 1.82) is 5.26 Å². The lowest BCUT2D eigenvalue weighted by Gasteiger charge is -2.41. The van der Waals surface area contributed by atoms with E-state index in [9.17, 15) is 28.8 Å². The van der Waals surface area contributed by atoms with Crippen LogP contribution in [-0.4, -0.2) is 208 Å². The highest BCUT2D eigenvalue weighted by Crippen LogP contribution is 2.30. The number of hydrogen-bond donors (Lipinski definition) is 2. The molecule has 1 aliphatic rings. The summed E-state index contributed by atoms with van der Waals surface area (Å²) in [6.45, 7) is 22.0. The zero-order valence-corrected chi connectivity index (χ0v) is 55.0. The third kappa shape index (κ3) is 24.5. The monoisotopic (exact) mass is 1240 g/mol. The number of methoxy groups -OCH3 is 2. The van der Waals surface area contributed by atoms with Crippen LogP contribution in [0.4, 0.5) is 0 Å². The summed E-state index contributed by atoms with van der Waals surface area (Å²) in [5, 5.41) is 22.8. The van der Waals surface area contributed by atoms with Gasteiger partial charge in [-0.3, -0.25) is 24.0 Å². The molecular weight excluding hydrogens is 1140 g/mol. The third-order valence-electron chi connectivity index (χ3n) is 15.6. The van der Waals surface area contributed by atoms with Gasteiger partial charge in [-0.25, -0.2) is 9.48 Å². The fourth-order valence-electron chi connectivity index (χ4n) is 10.8. The minimum absolute atomic E-state index is 0.0215. The Morgan fingerprint density at radius 3 is 1.92 bits per heavy atom. The Balaban J connectivity index is 1.21. The molecule has 23 heteroatoms. The van der Waals surface area contributed by atoms with Gasteiger partial charge in [-0.1, -0.05) is 96.4 Å². The Morgan fingerprint density at radius 2 is 1.37 bits per heavy atom. The topological polar surface area (TPSA) is 265 Å². The van der Waals surface area contributed by atoms with Crippen LogP contribution in [-0.2, 0) is 79.7 Å². The maximum atomic E-state index is 14.7. The van der Waals surface area contributed by atoms with E-state index in [0.29, 0.717) is 77.7 Å². The van der Waals surface area contributed by atoms with Crippen molar-refractivity contribution in [3.05, 3.63) is 77.6 Å². The van der Waals surface area contributed by atoms with Gasteiger partial charge >= 0.3 is 5.97 Å². The van der Waals surface area contributed by atoms with Crippen molar-refractivity contribution >= 4 is 35.5 Å². The molecule has 89 heavy (non-hydrogen) atoms. The van der Waals surface area contributed by atoms with Gasteiger partial charge in [0, 0.05) is 52.8 Å². The first kappa shape index (κ1) is 74.6. The maximum Gasteiger partial charge on any atom is 0.329 e. The fourth-order valence-corrected chi connectivity index (χ4v) is 10.8. The minimum Gasteiger partial charge on any atom is -0.458 e. The molecule has 23 nitrogen and oxygen atoms in total. The Kier molecular flexibility index (Phi) is 32.4. The number of rotatable bonds is 39. The molecule has 0 radical (unpaired) electrons. The number of nitriles is 1. The van der Waals surface area contributed by atoms with Crippen molar-refractivity contribution in [2.45, 2.75) is 162 Å². The van der Waals surface area contributed by atoms with Crippen LogP contribution in [0.15, 0.2) is 60.8 Å². The zero-order chi connectivity index (χ0) is 65.6. The average Bonchev–Trinajstić information content (AvgIpc) is 2.78. The predicted molar refractivity (Wildman–Crippen MR) is 334 cm³/mol. The molecule has 0 aliphatic carbocycles. The number of carbonyl (C=O) groups is 6. The minimum atomic E-state index is -0.977. The molecule has 3 aromatic rings. The fraction of sp³-hybridized carbons (Fsp3) is 0.652. The number of hydrogen-bond acceptors (Lipinski definition) is 17. The predicted octanol–water partition coefficient (Wildman–Crippen LogP) is 5.73. The molecule has 5 amide bonds. The van der Waals surface area contributed by atoms with Crippen LogP contribution in [0.2, 0.25) is 0 Å². The van der Waals surface area contributed by atoms with Gasteiger partial charge in [0.25, 0.3) is 0 Å². The molecule has 0 spiro atoms. The molecule has 1 saturated heterocycles. The maximum absolute atomic E-state index is 14.7. The Bertz CT molecular complexity index is 2760. The lowest BCUT2D eigenvalue weighted by Crippen LogP contribution is -2.60. The van der Waals surface area contributed by atoms with E-state index in [1.165, 1.54) is 19.1 Å². The van der Waals surface area contributed by atoms with Gasteiger partial charge in [0.2, 0.25) is 29.5 Å². The van der Waals surface area contributed by atoms with E-state index >= 15 is 0 Å². The van der Waals surface area contributed by atoms with Gasteiger partial charge in [-0.2, -0.15) is 5.26 Å². The molecule has 1 aromatic heterocycles. The number of nitrogens with zero attached hydrogens (tertiary/aromatic N) is 7. The van der Waals surface area contributed by atoms with Crippen LogP contribution in [0.5, 0.6) is 0 Å². The van der Waals surface area contributed by atoms with Gasteiger partial charge in [0.1, 0.15) is 29.4 Å². The summed E-state index contributed by atoms with van der Waals surface area (Å²) in [6.07, 6.45) is 2.40. The van der Waals surface area contributed by atoms with Crippen LogP contribution in [0, 0.1) is 46.8 Å². The Labute approximate surface area is 527 Å². The first-order valence-electron chi connectivity index (χ1n) is 31.0. The summed E-state index contributed by atoms with van der Waals surface area (Å²) in [6, 6.07) is 14.6. The molecule has 0 saturated carbocycles. The number of likely N-dealkylation sites (N-methyl/N-ethyl adjacent to an activating group) is 2. The van der Waals surface area contributed by atoms with Crippen molar-refractivity contribution in [3.63, 3.8) is 0 Å². The molecule has 2 heterocycles. The first-order chi connectivity index (χ1) is 42.5. The van der Waals surface area contributed by atoms with Gasteiger partial charge in [0.05, 0.1) is 121 Å². The van der Waals surface area contributed by atoms with Crippen molar-refractivity contribution < 1.29 is 66.7 Å². The van der Waals surface area contributed by atoms with Crippen LogP contribution < -0.4 is 10.6 Å². The molecule has 2 aromatic carbocycles. The van der Waals surface area contributed by atoms with E-state index in [0.717, 1.165) is 16.8 Å². The molecule has 1 aliphatic heterocycles. The van der Waals surface area contributed by atoms with E-state index in [4.69, 9.17) is 43.2 Å². The molecule has 492 valence electrons. The lowest BCUT2D eigenvalue weighted by molar-refractivity contribution is -0.159. The van der Waals surface area contributed by atoms with Gasteiger partial charge < -0.3 is 63.2 Å². The number of ether oxygens (including phenoxy) is 8. The van der Waals surface area contributed by atoms with Crippen LogP contribution in [0.3, 0.4) is 0 Å². The van der Waals surface area contributed by atoms with E-state index in [2.05, 4.69) is 32.8 Å². The van der Waals surface area contributed by atoms with Crippen molar-refractivity contribution in [1.82, 2.24) is 40.3 Å². The van der Waals surface area contributed by atoms with Gasteiger partial charge in [0.15, 0.2) is 6.07 Å². The first-order valence-corrected chi connectivity index (χ1v) is 31.0. The number of nitrogens with one attached hydrogen (secondary N) is 2. The standard InChI is InChI=1S/C66H99N9O14/c1-15-47(6)60(55(82-13)42-57(77)74-31-20-24-54(74)61(83-14)48(7)62(78)68-53(65(81)89-66(8,9)10)41-50-21-17-16-18-22-50)73(12)64(80)58(45(2)3)69-63(79)59(46(4)5)72(11)56(76)29-32-84-33-34-85-35-36-86-37-38-87-39-40-88-44-51-43-75(71-70-51)52-27-25-49(26-28-52)23-19-30-67/h16-18,21-22,25-28,43,45-48,53-55,58-61H,15,20,24,29,31-42,44H2,1-14H3,(H,68,78)(H,69,79)/t47-,48+,53-,54-,55+,58-,59-,60-,61+/m0/s1. The molecule has 2 N–H and O–H groups in total. The summed E-state index contributed by atoms with van der Waals surface area (Å²) in [4.78, 5) is 89.3. The summed E-state index contributed by atoms with van der Waals surface area (Å²) < 4.78 is 47.6. The smallest absolute Gasteiger partial charge is 0.329 e. The van der Waals surface area contributed by atoms with Gasteiger partial charge in [-0.05, 0) is 81.2 Å². The number of likely N-dealkylation sites (tertiary alicyclic amines) is 1. The van der Waals surface area contributed by atoms with Crippen LogP contribution in [0.1, 0.15) is 118 Å². The lowest BCUT2D eigenvalue weighted by atomic mass is 9.89. The molecule has 0 bridgehead atoms. The Hall–Kier alpha value is -6.83. The van der Waals surface area contributed by atoms with Gasteiger partial charge in [-0.15, -0.1) is 5.10 Å². The van der Waals surface area contributed by atoms with E-state index in [1.54, 1.807) is 80.7 Å². The van der Waals surface area contributed by atoms with E-state index < -0.39 is 71.7 Å². The number of benzene rings is 2. The second-order valence-corrected chi connectivity index (χ2v) is 24.1. The number of aromatic nitrogens is 3. The highest BCUT2D eigenvalue weighted by molar-refractivity contribution is 5.92. The molecule has 1 fully saturated rings. The highest BCUT2D eigenvalue weighted by Gasteiger charge is 2.44. The average molecular weight is 1240 g/mol. The Morgan fingerprint density at radius 1 is 0.764 bits per heavy atom. The summed E-state index contributed by atoms with van der Waals surface area (Å²) >= 11 is 0. The normalized spacial score (nSPS) is 16.0. The van der Waals surface area contributed by atoms with E-state index in [1.807, 2.05) is 84.0 Å². The summed E-state index contributed by atoms with van der Waals surface area (Å²) in [5.41, 5.74) is 2.28. The molecular formula is C66H99N9O14. The van der Waals surface area contributed by atoms with E-state index in [-0.39, 0.29) is 74.6 Å². The second kappa shape index (κ2) is 38.7. The van der Waals surface area contributed by atoms with Crippen molar-refractivity contribution in [3.8, 4) is 23.6 Å². The highest BCUT2D eigenvalue weighted by atomic mass is 16.6. The summed E-state index contributed by atoms with van der Waals surface area (Å²) in [7, 11) is 6.28. The number of esters is 1. The molecule has 9 atom stereocenters. The quantitative estimate of drug-likeness (QED) is 0.0392. The second-order valence-electron chi connectivity index (χ2n) is 24.1. The zero-order valence-electron chi connectivity index (χ0n) is 55.0. The van der Waals surface area contributed by atoms with Crippen LogP contribution >= 0.6 is 0 Å². The molecule has 0 unspecified atom stereocenters. The third-order valence-corrected chi connectivity index (χ3v) is 15.6. The molecule has 4 rings (SSSR count). The summed E-state index contributed by atoms with van der Waals surface area (Å²) in [5.74, 6) is 1.23. The SMILES string of the molecule is CC[C@H](C)[C@@H]([C@@H](CC(=O)N1CCC[C@H]1[C@H](OC)[C@@H](C)C(=O)N[C@@H](Cc1ccccc1)C(=O)OC(C)(C)C)OC)N(C)C(=O)[C@@H](NC(=O)[C@H](C(C)C)N(C)C(=O)CCOCCOCCOCCOCCOCc1cn(-c2ccc(C#CC#N)cc2)nn1)C(C)C. The van der Waals surface area contributed by atoms with Crippen LogP contribution in [0.25, 0.3) is 5.69 Å². The largest absolute Gasteiger partial charge is 0.458 e. The van der Waals surface area contributed by atoms with Crippen molar-refractivity contribution in [2.24, 2.45) is 23.7 Å².